The van der Waals surface area contributed by atoms with Crippen molar-refractivity contribution in [2.24, 2.45) is 0 Å². The van der Waals surface area contributed by atoms with Crippen molar-refractivity contribution in [3.05, 3.63) is 0 Å². The van der Waals surface area contributed by atoms with Gasteiger partial charge in [0.2, 0.25) is 5.85 Å². The number of hydrogen-bond donors (Lipinski definition) is 2. The largest absolute Gasteiger partial charge is 0.478 e. The molecule has 0 aliphatic rings. The average molecular weight is 279 g/mol. The van der Waals surface area contributed by atoms with Crippen molar-refractivity contribution in [2.45, 2.75) is 38.6 Å². The Morgan fingerprint density at radius 2 is 1.89 bits per heavy atom. The standard InChI is InChI=1S/C10H18NO6P/c1-10(2,3)17-9(15)11-5-4-6(12)16-8(18)7(13)14/h8H,4-5,18H2,1-3H3,(H,11,15)(H,13,14)/t8-/m1/s1. The Bertz CT molecular complexity index is 325. The lowest BCUT2D eigenvalue weighted by atomic mass is 10.2. The van der Waals surface area contributed by atoms with Gasteiger partial charge in [-0.3, -0.25) is 4.79 Å². The summed E-state index contributed by atoms with van der Waals surface area (Å²) >= 11 is 0. The quantitative estimate of drug-likeness (QED) is 0.568. The second-order valence-electron chi connectivity index (χ2n) is 4.43. The van der Waals surface area contributed by atoms with Gasteiger partial charge in [-0.15, -0.1) is 0 Å². The summed E-state index contributed by atoms with van der Waals surface area (Å²) in [5, 5.41) is 10.8. The highest BCUT2D eigenvalue weighted by molar-refractivity contribution is 7.19. The molecule has 0 aromatic rings. The first-order valence-electron chi connectivity index (χ1n) is 5.26. The molecule has 2 atom stereocenters. The molecule has 0 aliphatic heterocycles. The molecule has 0 saturated heterocycles. The van der Waals surface area contributed by atoms with E-state index in [0.717, 1.165) is 0 Å². The van der Waals surface area contributed by atoms with Crippen LogP contribution in [-0.2, 0) is 19.1 Å². The van der Waals surface area contributed by atoms with Crippen LogP contribution in [0.5, 0.6) is 0 Å². The van der Waals surface area contributed by atoms with Crippen LogP contribution in [0.3, 0.4) is 0 Å². The Balaban J connectivity index is 3.82. The summed E-state index contributed by atoms with van der Waals surface area (Å²) in [7, 11) is 1.87. The number of esters is 1. The smallest absolute Gasteiger partial charge is 0.407 e. The van der Waals surface area contributed by atoms with Crippen molar-refractivity contribution in [3.63, 3.8) is 0 Å². The molecular formula is C10H18NO6P. The van der Waals surface area contributed by atoms with Crippen molar-refractivity contribution in [1.29, 1.82) is 0 Å². The molecule has 1 unspecified atom stereocenters. The molecule has 0 aromatic heterocycles. The van der Waals surface area contributed by atoms with Crippen molar-refractivity contribution < 1.29 is 29.0 Å². The zero-order chi connectivity index (χ0) is 14.3. The maximum atomic E-state index is 11.2. The van der Waals surface area contributed by atoms with Crippen LogP contribution >= 0.6 is 9.24 Å². The van der Waals surface area contributed by atoms with Gasteiger partial charge in [-0.2, -0.15) is 0 Å². The summed E-state index contributed by atoms with van der Waals surface area (Å²) < 4.78 is 9.47. The van der Waals surface area contributed by atoms with Crippen LogP contribution in [0, 0.1) is 0 Å². The molecule has 0 bridgehead atoms. The predicted molar refractivity (Wildman–Crippen MR) is 66.1 cm³/mol. The molecule has 7 nitrogen and oxygen atoms in total. The van der Waals surface area contributed by atoms with Gasteiger partial charge in [0, 0.05) is 6.54 Å². The fourth-order valence-electron chi connectivity index (χ4n) is 0.832. The maximum Gasteiger partial charge on any atom is 0.407 e. The van der Waals surface area contributed by atoms with E-state index in [9.17, 15) is 14.4 Å². The molecule has 0 aliphatic carbocycles. The van der Waals surface area contributed by atoms with Crippen molar-refractivity contribution in [2.75, 3.05) is 6.54 Å². The van der Waals surface area contributed by atoms with E-state index >= 15 is 0 Å². The van der Waals surface area contributed by atoms with Gasteiger partial charge in [0.1, 0.15) is 5.60 Å². The highest BCUT2D eigenvalue weighted by Gasteiger charge is 2.18. The highest BCUT2D eigenvalue weighted by Crippen LogP contribution is 2.06. The summed E-state index contributed by atoms with van der Waals surface area (Å²) in [4.78, 5) is 32.7. The maximum absolute atomic E-state index is 11.2. The Morgan fingerprint density at radius 3 is 2.33 bits per heavy atom. The van der Waals surface area contributed by atoms with E-state index in [-0.39, 0.29) is 13.0 Å². The Morgan fingerprint density at radius 1 is 1.33 bits per heavy atom. The van der Waals surface area contributed by atoms with E-state index in [2.05, 4.69) is 10.1 Å². The van der Waals surface area contributed by atoms with E-state index in [1.54, 1.807) is 20.8 Å². The summed E-state index contributed by atoms with van der Waals surface area (Å²) in [6, 6.07) is 0. The lowest BCUT2D eigenvalue weighted by Crippen LogP contribution is -2.34. The topological polar surface area (TPSA) is 102 Å². The molecule has 0 aromatic carbocycles. The van der Waals surface area contributed by atoms with E-state index in [1.165, 1.54) is 0 Å². The SMILES string of the molecule is CC(C)(C)OC(=O)NCCC(=O)O[C@H](P)C(=O)O. The number of nitrogens with one attached hydrogen (secondary N) is 1. The van der Waals surface area contributed by atoms with Crippen LogP contribution in [0.1, 0.15) is 27.2 Å². The van der Waals surface area contributed by atoms with Gasteiger partial charge >= 0.3 is 18.0 Å². The van der Waals surface area contributed by atoms with Gasteiger partial charge in [0.05, 0.1) is 6.42 Å². The Labute approximate surface area is 107 Å². The third kappa shape index (κ3) is 8.75. The average Bonchev–Trinajstić information content (AvgIpc) is 2.14. The molecule has 0 rings (SSSR count). The van der Waals surface area contributed by atoms with Gasteiger partial charge in [-0.25, -0.2) is 9.59 Å². The van der Waals surface area contributed by atoms with E-state index in [4.69, 9.17) is 9.84 Å². The number of hydrogen-bond acceptors (Lipinski definition) is 5. The van der Waals surface area contributed by atoms with Gasteiger partial charge in [-0.05, 0) is 20.8 Å². The van der Waals surface area contributed by atoms with E-state index in [1.807, 2.05) is 9.24 Å². The first-order valence-corrected chi connectivity index (χ1v) is 5.93. The molecule has 104 valence electrons. The number of carbonyl (C=O) groups is 3. The van der Waals surface area contributed by atoms with E-state index in [0.29, 0.717) is 0 Å². The third-order valence-electron chi connectivity index (χ3n) is 1.50. The normalized spacial score (nSPS) is 12.4. The zero-order valence-electron chi connectivity index (χ0n) is 10.6. The molecule has 1 amide bonds. The number of amides is 1. The molecule has 0 radical (unpaired) electrons. The van der Waals surface area contributed by atoms with Crippen LogP contribution in [0.2, 0.25) is 0 Å². The van der Waals surface area contributed by atoms with Gasteiger partial charge in [-0.1, -0.05) is 9.24 Å². The lowest BCUT2D eigenvalue weighted by Gasteiger charge is -2.19. The first kappa shape index (κ1) is 16.6. The molecule has 18 heavy (non-hydrogen) atoms. The fraction of sp³-hybridized carbons (Fsp3) is 0.700. The molecular weight excluding hydrogens is 261 g/mol. The summed E-state index contributed by atoms with van der Waals surface area (Å²) in [6.07, 6.45) is -0.770. The molecule has 8 heteroatoms. The number of alkyl carbamates (subject to hydrolysis) is 1. The number of aliphatic carboxylic acids is 1. The van der Waals surface area contributed by atoms with Crippen LogP contribution in [0.25, 0.3) is 0 Å². The molecule has 0 heterocycles. The second kappa shape index (κ2) is 7.16. The second-order valence-corrected chi connectivity index (χ2v) is 5.03. The highest BCUT2D eigenvalue weighted by atomic mass is 31.0. The van der Waals surface area contributed by atoms with Crippen molar-refractivity contribution in [3.8, 4) is 0 Å². The van der Waals surface area contributed by atoms with Gasteiger partial charge in [0.25, 0.3) is 0 Å². The molecule has 0 spiro atoms. The Kier molecular flexibility index (Phi) is 6.62. The number of carbonyl (C=O) groups excluding carboxylic acids is 2. The Hall–Kier alpha value is -1.36. The van der Waals surface area contributed by atoms with Gasteiger partial charge in [0.15, 0.2) is 0 Å². The van der Waals surface area contributed by atoms with Crippen LogP contribution in [-0.4, -0.2) is 41.1 Å². The predicted octanol–water partition coefficient (Wildman–Crippen LogP) is 0.730. The van der Waals surface area contributed by atoms with E-state index < -0.39 is 29.5 Å². The van der Waals surface area contributed by atoms with Crippen molar-refractivity contribution >= 4 is 27.3 Å². The zero-order valence-corrected chi connectivity index (χ0v) is 11.7. The third-order valence-corrected chi connectivity index (χ3v) is 1.92. The van der Waals surface area contributed by atoms with Crippen molar-refractivity contribution in [1.82, 2.24) is 5.32 Å². The first-order chi connectivity index (χ1) is 8.11. The molecule has 0 fully saturated rings. The number of carboxylic acid groups (broad SMARTS) is 1. The monoisotopic (exact) mass is 279 g/mol. The minimum Gasteiger partial charge on any atom is -0.478 e. The number of carboxylic acids is 1. The van der Waals surface area contributed by atoms with Crippen LogP contribution in [0.4, 0.5) is 4.79 Å². The number of ether oxygens (including phenoxy) is 2. The fourth-order valence-corrected chi connectivity index (χ4v) is 0.984. The summed E-state index contributed by atoms with van der Waals surface area (Å²) in [5.41, 5.74) is -0.612. The molecule has 0 saturated carbocycles. The minimum absolute atomic E-state index is 0.0186. The minimum atomic E-state index is -1.28. The lowest BCUT2D eigenvalue weighted by molar-refractivity contribution is -0.157. The molecule has 2 N–H and O–H groups in total. The van der Waals surface area contributed by atoms with Gasteiger partial charge < -0.3 is 19.9 Å². The summed E-state index contributed by atoms with van der Waals surface area (Å²) in [6.45, 7) is 5.16. The summed E-state index contributed by atoms with van der Waals surface area (Å²) in [5.74, 6) is -3.25. The van der Waals surface area contributed by atoms with Crippen LogP contribution in [0.15, 0.2) is 0 Å². The number of rotatable bonds is 5. The van der Waals surface area contributed by atoms with Crippen LogP contribution < -0.4 is 5.32 Å².